The van der Waals surface area contributed by atoms with E-state index in [4.69, 9.17) is 5.73 Å². The zero-order valence-corrected chi connectivity index (χ0v) is 12.7. The highest BCUT2D eigenvalue weighted by Gasteiger charge is 2.36. The fourth-order valence-electron chi connectivity index (χ4n) is 4.69. The largest absolute Gasteiger partial charge is 0.339 e. The Morgan fingerprint density at radius 2 is 1.65 bits per heavy atom. The van der Waals surface area contributed by atoms with Gasteiger partial charge in [-0.05, 0) is 63.2 Å². The van der Waals surface area contributed by atoms with Crippen LogP contribution in [-0.4, -0.2) is 29.4 Å². The molecule has 3 rings (SSSR count). The van der Waals surface area contributed by atoms with Gasteiger partial charge < -0.3 is 10.6 Å². The van der Waals surface area contributed by atoms with E-state index in [2.05, 4.69) is 4.90 Å². The average Bonchev–Trinajstić information content (AvgIpc) is 2.49. The molecule has 0 spiro atoms. The third kappa shape index (κ3) is 3.19. The Bertz CT molecular complexity index is 334. The second-order valence-corrected chi connectivity index (χ2v) is 7.33. The van der Waals surface area contributed by atoms with Crippen LogP contribution in [0.4, 0.5) is 0 Å². The number of fused-ring (bicyclic) bond motifs is 1. The first-order valence-electron chi connectivity index (χ1n) is 8.79. The normalized spacial score (nSPS) is 38.4. The molecular formula is C17H30N2O. The summed E-state index contributed by atoms with van der Waals surface area (Å²) in [5.41, 5.74) is 5.96. The molecule has 3 aliphatic rings. The lowest BCUT2D eigenvalue weighted by molar-refractivity contribution is -0.138. The van der Waals surface area contributed by atoms with Crippen LogP contribution in [0.1, 0.15) is 70.6 Å². The zero-order valence-electron chi connectivity index (χ0n) is 12.7. The predicted molar refractivity (Wildman–Crippen MR) is 81.2 cm³/mol. The van der Waals surface area contributed by atoms with E-state index in [1.54, 1.807) is 0 Å². The van der Waals surface area contributed by atoms with E-state index in [1.165, 1.54) is 38.5 Å². The summed E-state index contributed by atoms with van der Waals surface area (Å²) in [4.78, 5) is 15.0. The zero-order chi connectivity index (χ0) is 13.9. The lowest BCUT2D eigenvalue weighted by Crippen LogP contribution is -2.50. The van der Waals surface area contributed by atoms with Gasteiger partial charge in [0.05, 0.1) is 0 Å². The number of amides is 1. The van der Waals surface area contributed by atoms with Crippen LogP contribution in [0, 0.1) is 11.8 Å². The number of likely N-dealkylation sites (tertiary alicyclic amines) is 1. The molecule has 0 aromatic carbocycles. The summed E-state index contributed by atoms with van der Waals surface area (Å²) in [6.45, 7) is 1.02. The summed E-state index contributed by atoms with van der Waals surface area (Å²) in [7, 11) is 0. The third-order valence-electron chi connectivity index (χ3n) is 5.92. The summed E-state index contributed by atoms with van der Waals surface area (Å²) < 4.78 is 0. The van der Waals surface area contributed by atoms with Crippen LogP contribution in [0.25, 0.3) is 0 Å². The standard InChI is InChI=1S/C17H30N2O/c18-15-9-7-13(8-10-15)12-17(20)19-11-3-5-14-4-1-2-6-16(14)19/h13-16H,1-12,18H2. The fourth-order valence-corrected chi connectivity index (χ4v) is 4.69. The van der Waals surface area contributed by atoms with E-state index >= 15 is 0 Å². The molecule has 2 unspecified atom stereocenters. The molecule has 2 N–H and O–H groups in total. The number of hydrogen-bond donors (Lipinski definition) is 1. The molecule has 0 aromatic heterocycles. The molecule has 0 aromatic rings. The number of nitrogens with zero attached hydrogens (tertiary/aromatic N) is 1. The Morgan fingerprint density at radius 3 is 2.45 bits per heavy atom. The third-order valence-corrected chi connectivity index (χ3v) is 5.92. The van der Waals surface area contributed by atoms with Crippen molar-refractivity contribution >= 4 is 5.91 Å². The minimum atomic E-state index is 0.388. The predicted octanol–water partition coefficient (Wildman–Crippen LogP) is 3.08. The molecule has 2 saturated carbocycles. The highest BCUT2D eigenvalue weighted by Crippen LogP contribution is 2.36. The molecule has 2 atom stereocenters. The van der Waals surface area contributed by atoms with Crippen molar-refractivity contribution in [2.45, 2.75) is 82.7 Å². The number of piperidine rings is 1. The number of carbonyl (C=O) groups is 1. The van der Waals surface area contributed by atoms with Crippen LogP contribution >= 0.6 is 0 Å². The van der Waals surface area contributed by atoms with E-state index in [9.17, 15) is 4.79 Å². The van der Waals surface area contributed by atoms with Crippen molar-refractivity contribution < 1.29 is 4.79 Å². The van der Waals surface area contributed by atoms with Crippen molar-refractivity contribution in [3.8, 4) is 0 Å². The minimum absolute atomic E-state index is 0.388. The van der Waals surface area contributed by atoms with Gasteiger partial charge in [-0.1, -0.05) is 12.8 Å². The Kier molecular flexibility index (Phi) is 4.65. The van der Waals surface area contributed by atoms with Gasteiger partial charge in [-0.2, -0.15) is 0 Å². The van der Waals surface area contributed by atoms with Crippen molar-refractivity contribution in [2.75, 3.05) is 6.54 Å². The summed E-state index contributed by atoms with van der Waals surface area (Å²) in [5, 5.41) is 0. The Morgan fingerprint density at radius 1 is 0.950 bits per heavy atom. The van der Waals surface area contributed by atoms with Gasteiger partial charge in [-0.25, -0.2) is 0 Å². The number of rotatable bonds is 2. The van der Waals surface area contributed by atoms with Gasteiger partial charge in [0.25, 0.3) is 0 Å². The maximum Gasteiger partial charge on any atom is 0.223 e. The van der Waals surface area contributed by atoms with Crippen molar-refractivity contribution in [1.82, 2.24) is 4.90 Å². The van der Waals surface area contributed by atoms with E-state index in [0.29, 0.717) is 23.9 Å². The highest BCUT2D eigenvalue weighted by molar-refractivity contribution is 5.77. The first-order chi connectivity index (χ1) is 9.74. The second-order valence-electron chi connectivity index (χ2n) is 7.33. The van der Waals surface area contributed by atoms with Crippen molar-refractivity contribution in [2.24, 2.45) is 17.6 Å². The number of carbonyl (C=O) groups excluding carboxylic acids is 1. The maximum atomic E-state index is 12.7. The Balaban J connectivity index is 1.55. The van der Waals surface area contributed by atoms with Gasteiger partial charge >= 0.3 is 0 Å². The quantitative estimate of drug-likeness (QED) is 0.843. The monoisotopic (exact) mass is 278 g/mol. The van der Waals surface area contributed by atoms with Gasteiger partial charge in [-0.15, -0.1) is 0 Å². The molecule has 3 fully saturated rings. The molecule has 3 heteroatoms. The Labute approximate surface area is 123 Å². The van der Waals surface area contributed by atoms with Crippen molar-refractivity contribution in [3.63, 3.8) is 0 Å². The van der Waals surface area contributed by atoms with Crippen molar-refractivity contribution in [1.29, 1.82) is 0 Å². The van der Waals surface area contributed by atoms with Crippen molar-refractivity contribution in [3.05, 3.63) is 0 Å². The molecule has 0 bridgehead atoms. The smallest absolute Gasteiger partial charge is 0.223 e. The summed E-state index contributed by atoms with van der Waals surface area (Å²) in [6, 6.07) is 0.968. The molecule has 1 heterocycles. The van der Waals surface area contributed by atoms with E-state index < -0.39 is 0 Å². The van der Waals surface area contributed by atoms with E-state index in [0.717, 1.165) is 44.6 Å². The second kappa shape index (κ2) is 6.46. The van der Waals surface area contributed by atoms with Crippen LogP contribution in [0.5, 0.6) is 0 Å². The Hall–Kier alpha value is -0.570. The van der Waals surface area contributed by atoms with Crippen LogP contribution < -0.4 is 5.73 Å². The van der Waals surface area contributed by atoms with E-state index in [-0.39, 0.29) is 0 Å². The number of nitrogens with two attached hydrogens (primary N) is 1. The molecule has 1 aliphatic heterocycles. The van der Waals surface area contributed by atoms with Crippen LogP contribution in [-0.2, 0) is 4.79 Å². The average molecular weight is 278 g/mol. The van der Waals surface area contributed by atoms with E-state index in [1.807, 2.05) is 0 Å². The minimum Gasteiger partial charge on any atom is -0.339 e. The summed E-state index contributed by atoms with van der Waals surface area (Å²) >= 11 is 0. The van der Waals surface area contributed by atoms with Crippen LogP contribution in [0.2, 0.25) is 0 Å². The first kappa shape index (κ1) is 14.4. The SMILES string of the molecule is NC1CCC(CC(=O)N2CCCC3CCCCC32)CC1. The van der Waals surface area contributed by atoms with Gasteiger partial charge in [0.2, 0.25) is 5.91 Å². The van der Waals surface area contributed by atoms with Gasteiger partial charge in [0, 0.05) is 25.0 Å². The van der Waals surface area contributed by atoms with Gasteiger partial charge in [-0.3, -0.25) is 4.79 Å². The molecule has 1 saturated heterocycles. The topological polar surface area (TPSA) is 46.3 Å². The molecule has 114 valence electrons. The molecular weight excluding hydrogens is 248 g/mol. The van der Waals surface area contributed by atoms with Crippen LogP contribution in [0.15, 0.2) is 0 Å². The summed E-state index contributed by atoms with van der Waals surface area (Å²) in [6.07, 6.45) is 13.2. The maximum absolute atomic E-state index is 12.7. The fraction of sp³-hybridized carbons (Fsp3) is 0.941. The number of hydrogen-bond acceptors (Lipinski definition) is 2. The lowest BCUT2D eigenvalue weighted by atomic mass is 9.77. The van der Waals surface area contributed by atoms with Gasteiger partial charge in [0.15, 0.2) is 0 Å². The molecule has 3 nitrogen and oxygen atoms in total. The first-order valence-corrected chi connectivity index (χ1v) is 8.79. The molecule has 20 heavy (non-hydrogen) atoms. The highest BCUT2D eigenvalue weighted by atomic mass is 16.2. The lowest BCUT2D eigenvalue weighted by Gasteiger charge is -2.44. The molecule has 0 radical (unpaired) electrons. The molecule has 2 aliphatic carbocycles. The van der Waals surface area contributed by atoms with Gasteiger partial charge in [0.1, 0.15) is 0 Å². The molecule has 1 amide bonds. The van der Waals surface area contributed by atoms with Crippen LogP contribution in [0.3, 0.4) is 0 Å². The summed E-state index contributed by atoms with van der Waals surface area (Å²) in [5.74, 6) is 1.86.